The van der Waals surface area contributed by atoms with Crippen molar-refractivity contribution < 1.29 is 23.1 Å². The van der Waals surface area contributed by atoms with Gasteiger partial charge in [-0.15, -0.1) is 11.8 Å². The lowest BCUT2D eigenvalue weighted by Crippen LogP contribution is -2.82. The monoisotopic (exact) mass is 300 g/mol. The zero-order valence-corrected chi connectivity index (χ0v) is 11.1. The first kappa shape index (κ1) is 13.9. The summed E-state index contributed by atoms with van der Waals surface area (Å²) in [7, 11) is 0. The Morgan fingerprint density at radius 3 is 2.44 bits per heavy atom. The van der Waals surface area contributed by atoms with E-state index in [1.807, 2.05) is 0 Å². The van der Waals surface area contributed by atoms with Crippen molar-refractivity contribution in [3.05, 3.63) is 0 Å². The Kier molecular flexibility index (Phi) is 2.71. The molecule has 2 rings (SSSR count). The molecule has 0 aliphatic carbocycles. The highest BCUT2D eigenvalue weighted by atomic mass is 32.2. The summed E-state index contributed by atoms with van der Waals surface area (Å²) in [6.45, 7) is 3.16. The molecule has 18 heavy (non-hydrogen) atoms. The maximum Gasteiger partial charge on any atom is 0.415 e. The summed E-state index contributed by atoms with van der Waals surface area (Å²) in [5.41, 5.74) is 2.77. The summed E-state index contributed by atoms with van der Waals surface area (Å²) >= 11 is 5.61. The second-order valence-corrected chi connectivity index (χ2v) is 7.01. The van der Waals surface area contributed by atoms with Gasteiger partial charge in [-0.05, 0) is 13.8 Å². The number of aliphatic carboxylic acids is 1. The molecule has 2 aliphatic rings. The van der Waals surface area contributed by atoms with Crippen LogP contribution in [0.4, 0.5) is 13.2 Å². The normalized spacial score (nSPS) is 38.3. The lowest BCUT2D eigenvalue weighted by Gasteiger charge is -2.53. The highest BCUT2D eigenvalue weighted by molar-refractivity contribution is 8.02. The minimum absolute atomic E-state index is 0.537. The van der Waals surface area contributed by atoms with E-state index in [2.05, 4.69) is 0 Å². The van der Waals surface area contributed by atoms with Gasteiger partial charge < -0.3 is 15.7 Å². The van der Waals surface area contributed by atoms with Crippen LogP contribution in [-0.2, 0) is 4.79 Å². The molecule has 0 amide bonds. The molecule has 2 heterocycles. The van der Waals surface area contributed by atoms with Gasteiger partial charge in [-0.25, -0.2) is 4.79 Å². The zero-order valence-electron chi connectivity index (χ0n) is 9.49. The first-order valence-electron chi connectivity index (χ1n) is 5.03. The number of carboxylic acids is 1. The second-order valence-electron chi connectivity index (χ2n) is 4.89. The molecule has 0 saturated carbocycles. The number of halogens is 3. The molecule has 2 fully saturated rings. The van der Waals surface area contributed by atoms with Crippen LogP contribution in [0, 0.1) is 0 Å². The van der Waals surface area contributed by atoms with Crippen LogP contribution in [-0.4, -0.2) is 48.8 Å². The van der Waals surface area contributed by atoms with Crippen LogP contribution >= 0.6 is 24.0 Å². The van der Waals surface area contributed by atoms with Gasteiger partial charge >= 0.3 is 12.1 Å². The number of carbonyl (C=O) groups is 1. The average Bonchev–Trinajstić information content (AvgIpc) is 2.45. The molecule has 0 spiro atoms. The Bertz CT molecular complexity index is 440. The van der Waals surface area contributed by atoms with Gasteiger partial charge in [0.15, 0.2) is 5.54 Å². The summed E-state index contributed by atoms with van der Waals surface area (Å²) in [6.07, 6.45) is -4.68. The number of carboxylic acid groups (broad SMARTS) is 1. The standard InChI is InChI=1S/C9H11F3N2O2S2/c1-7(2)3(4(15)16)14-5(17)8(13,6(14)18-7)9(10,11)12/h3,6H,13H2,1-2H3,(H,15,16)/t3-,6+,8?/m0/s1. The third kappa shape index (κ3) is 1.44. The summed E-state index contributed by atoms with van der Waals surface area (Å²) in [5.74, 6) is -1.19. The average molecular weight is 300 g/mol. The number of rotatable bonds is 1. The maximum absolute atomic E-state index is 13.0. The van der Waals surface area contributed by atoms with Crippen molar-refractivity contribution in [2.45, 2.75) is 41.7 Å². The lowest BCUT2D eigenvalue weighted by molar-refractivity contribution is -0.188. The van der Waals surface area contributed by atoms with Crippen LogP contribution in [0.1, 0.15) is 13.8 Å². The molecule has 0 aromatic carbocycles. The van der Waals surface area contributed by atoms with Crippen LogP contribution in [0.5, 0.6) is 0 Å². The van der Waals surface area contributed by atoms with Gasteiger partial charge in [0.1, 0.15) is 16.4 Å². The van der Waals surface area contributed by atoms with Gasteiger partial charge in [0.05, 0.1) is 0 Å². The van der Waals surface area contributed by atoms with E-state index in [1.54, 1.807) is 13.8 Å². The highest BCUT2D eigenvalue weighted by Crippen LogP contribution is 2.58. The topological polar surface area (TPSA) is 66.6 Å². The number of hydrogen-bond acceptors (Lipinski definition) is 4. The van der Waals surface area contributed by atoms with Crippen LogP contribution < -0.4 is 5.73 Å². The van der Waals surface area contributed by atoms with Crippen LogP contribution in [0.3, 0.4) is 0 Å². The van der Waals surface area contributed by atoms with E-state index in [4.69, 9.17) is 23.1 Å². The van der Waals surface area contributed by atoms with Crippen LogP contribution in [0.2, 0.25) is 0 Å². The molecule has 0 bridgehead atoms. The molecule has 2 saturated heterocycles. The number of thiocarbonyl (C=S) groups is 1. The van der Waals surface area contributed by atoms with Crippen molar-refractivity contribution in [1.29, 1.82) is 0 Å². The fourth-order valence-electron chi connectivity index (χ4n) is 2.35. The molecule has 0 aromatic rings. The second kappa shape index (κ2) is 3.51. The molecule has 2 aliphatic heterocycles. The zero-order chi connectivity index (χ0) is 14.1. The molecule has 9 heteroatoms. The Balaban J connectivity index is 2.42. The first-order chi connectivity index (χ1) is 7.94. The minimum atomic E-state index is -4.68. The highest BCUT2D eigenvalue weighted by Gasteiger charge is 2.76. The quantitative estimate of drug-likeness (QED) is 0.709. The van der Waals surface area contributed by atoms with Crippen molar-refractivity contribution in [2.24, 2.45) is 5.73 Å². The largest absolute Gasteiger partial charge is 0.480 e. The predicted molar refractivity (Wildman–Crippen MR) is 64.3 cm³/mol. The van der Waals surface area contributed by atoms with E-state index in [-0.39, 0.29) is 0 Å². The van der Waals surface area contributed by atoms with Crippen molar-refractivity contribution in [3.63, 3.8) is 0 Å². The summed E-state index contributed by atoms with van der Waals surface area (Å²) < 4.78 is 38.0. The van der Waals surface area contributed by atoms with Gasteiger partial charge in [0.2, 0.25) is 0 Å². The van der Waals surface area contributed by atoms with Gasteiger partial charge in [0.25, 0.3) is 0 Å². The van der Waals surface area contributed by atoms with Crippen molar-refractivity contribution in [2.75, 3.05) is 0 Å². The fourth-order valence-corrected chi connectivity index (χ4v) is 4.62. The third-order valence-electron chi connectivity index (χ3n) is 3.29. The SMILES string of the molecule is CC1(C)S[C@H]2N(C(=S)C2(N)C(F)(F)F)[C@H]1C(=O)O. The molecule has 1 unspecified atom stereocenters. The number of nitrogens with zero attached hydrogens (tertiary/aromatic N) is 1. The number of nitrogens with two attached hydrogens (primary N) is 1. The Morgan fingerprint density at radius 1 is 1.56 bits per heavy atom. The molecule has 4 nitrogen and oxygen atoms in total. The summed E-state index contributed by atoms with van der Waals surface area (Å²) in [6, 6.07) is -1.08. The van der Waals surface area contributed by atoms with E-state index < -0.39 is 38.8 Å². The predicted octanol–water partition coefficient (Wildman–Crippen LogP) is 1.19. The minimum Gasteiger partial charge on any atom is -0.480 e. The molecule has 0 radical (unpaired) electrons. The van der Waals surface area contributed by atoms with Crippen LogP contribution in [0.15, 0.2) is 0 Å². The third-order valence-corrected chi connectivity index (χ3v) is 5.49. The summed E-state index contributed by atoms with van der Waals surface area (Å²) in [5, 5.41) is 7.96. The Hall–Kier alpha value is -0.540. The van der Waals surface area contributed by atoms with E-state index >= 15 is 0 Å². The van der Waals surface area contributed by atoms with Gasteiger partial charge in [-0.3, -0.25) is 0 Å². The van der Waals surface area contributed by atoms with Crippen molar-refractivity contribution in [3.8, 4) is 0 Å². The van der Waals surface area contributed by atoms with Gasteiger partial charge in [0, 0.05) is 4.75 Å². The molecule has 102 valence electrons. The molecule has 3 N–H and O–H groups in total. The number of fused-ring (bicyclic) bond motifs is 1. The molecule has 3 atom stereocenters. The lowest BCUT2D eigenvalue weighted by atomic mass is 9.86. The van der Waals surface area contributed by atoms with E-state index in [0.29, 0.717) is 0 Å². The van der Waals surface area contributed by atoms with E-state index in [1.165, 1.54) is 0 Å². The summed E-state index contributed by atoms with van der Waals surface area (Å²) in [4.78, 5) is 11.7. The number of hydrogen-bond donors (Lipinski definition) is 2. The molecular formula is C9H11F3N2O2S2. The number of thioether (sulfide) groups is 1. The fraction of sp³-hybridized carbons (Fsp3) is 0.778. The van der Waals surface area contributed by atoms with E-state index in [0.717, 1.165) is 16.7 Å². The van der Waals surface area contributed by atoms with Gasteiger partial charge in [-0.2, -0.15) is 13.2 Å². The van der Waals surface area contributed by atoms with Crippen LogP contribution in [0.25, 0.3) is 0 Å². The number of alkyl halides is 3. The Labute approximate surface area is 111 Å². The van der Waals surface area contributed by atoms with Gasteiger partial charge in [-0.1, -0.05) is 12.2 Å². The molecule has 0 aromatic heterocycles. The smallest absolute Gasteiger partial charge is 0.415 e. The molecular weight excluding hydrogens is 289 g/mol. The first-order valence-corrected chi connectivity index (χ1v) is 6.32. The Morgan fingerprint density at radius 2 is 2.06 bits per heavy atom. The van der Waals surface area contributed by atoms with Crippen molar-refractivity contribution >= 4 is 34.9 Å². The van der Waals surface area contributed by atoms with E-state index in [9.17, 15) is 18.0 Å². The maximum atomic E-state index is 13.0. The van der Waals surface area contributed by atoms with Crippen molar-refractivity contribution in [1.82, 2.24) is 4.90 Å².